The van der Waals surface area contributed by atoms with Gasteiger partial charge < -0.3 is 9.47 Å². The molecule has 0 N–H and O–H groups in total. The van der Waals surface area contributed by atoms with E-state index in [4.69, 9.17) is 20.2 Å². The zero-order valence-corrected chi connectivity index (χ0v) is 12.9. The van der Waals surface area contributed by atoms with E-state index in [1.807, 2.05) is 26.0 Å². The van der Waals surface area contributed by atoms with E-state index >= 15 is 0 Å². The van der Waals surface area contributed by atoms with Crippen molar-refractivity contribution < 1.29 is 17.9 Å². The topological polar surface area (TPSA) is 52.6 Å². The predicted molar refractivity (Wildman–Crippen MR) is 76.5 cm³/mol. The maximum absolute atomic E-state index is 11.2. The summed E-state index contributed by atoms with van der Waals surface area (Å²) in [5, 5.41) is 0. The van der Waals surface area contributed by atoms with Crippen molar-refractivity contribution in [1.82, 2.24) is 0 Å². The molecule has 6 heteroatoms. The molecule has 0 aliphatic carbocycles. The van der Waals surface area contributed by atoms with Crippen LogP contribution >= 0.6 is 10.7 Å². The molecule has 1 aromatic rings. The first-order valence-corrected chi connectivity index (χ1v) is 8.49. The van der Waals surface area contributed by atoms with Crippen LogP contribution in [0.25, 0.3) is 0 Å². The second-order valence-electron chi connectivity index (χ2n) is 4.67. The Labute approximate surface area is 119 Å². The van der Waals surface area contributed by atoms with Crippen molar-refractivity contribution in [3.8, 4) is 11.5 Å². The van der Waals surface area contributed by atoms with Crippen molar-refractivity contribution >= 4 is 19.7 Å². The predicted octanol–water partition coefficient (Wildman–Crippen LogP) is 2.91. The Morgan fingerprint density at radius 3 is 2.26 bits per heavy atom. The SMILES string of the molecule is COc1ccccc1OCC(CS(=O)(=O)Cl)C(C)C. The Kier molecular flexibility index (Phi) is 5.94. The third-order valence-electron chi connectivity index (χ3n) is 2.88. The summed E-state index contributed by atoms with van der Waals surface area (Å²) in [4.78, 5) is 0. The van der Waals surface area contributed by atoms with Gasteiger partial charge in [0.2, 0.25) is 9.05 Å². The summed E-state index contributed by atoms with van der Waals surface area (Å²) >= 11 is 0. The highest BCUT2D eigenvalue weighted by Gasteiger charge is 2.21. The van der Waals surface area contributed by atoms with E-state index < -0.39 is 9.05 Å². The van der Waals surface area contributed by atoms with Gasteiger partial charge in [0.15, 0.2) is 11.5 Å². The molecule has 0 saturated carbocycles. The van der Waals surface area contributed by atoms with E-state index in [0.717, 1.165) is 0 Å². The number of rotatable bonds is 7. The van der Waals surface area contributed by atoms with E-state index in [1.165, 1.54) is 0 Å². The Bertz CT molecular complexity index is 499. The van der Waals surface area contributed by atoms with Gasteiger partial charge in [0, 0.05) is 16.6 Å². The lowest BCUT2D eigenvalue weighted by Gasteiger charge is -2.20. The van der Waals surface area contributed by atoms with Crippen molar-refractivity contribution in [1.29, 1.82) is 0 Å². The Morgan fingerprint density at radius 2 is 1.79 bits per heavy atom. The molecule has 0 bridgehead atoms. The molecule has 0 amide bonds. The summed E-state index contributed by atoms with van der Waals surface area (Å²) in [7, 11) is 3.34. The third-order valence-corrected chi connectivity index (χ3v) is 4.08. The van der Waals surface area contributed by atoms with Gasteiger partial charge >= 0.3 is 0 Å². The number of para-hydroxylation sites is 2. The second kappa shape index (κ2) is 7.01. The van der Waals surface area contributed by atoms with Crippen LogP contribution in [-0.4, -0.2) is 27.9 Å². The summed E-state index contributed by atoms with van der Waals surface area (Å²) in [6.45, 7) is 4.17. The molecule has 0 aliphatic rings. The van der Waals surface area contributed by atoms with Gasteiger partial charge in [-0.2, -0.15) is 0 Å². The number of benzene rings is 1. The summed E-state index contributed by atoms with van der Waals surface area (Å²) in [6, 6.07) is 7.25. The zero-order valence-electron chi connectivity index (χ0n) is 11.3. The normalized spacial score (nSPS) is 13.3. The second-order valence-corrected chi connectivity index (χ2v) is 7.49. The number of halogens is 1. The number of hydrogen-bond donors (Lipinski definition) is 0. The molecule has 0 radical (unpaired) electrons. The summed E-state index contributed by atoms with van der Waals surface area (Å²) in [6.07, 6.45) is 0. The molecule has 0 heterocycles. The highest BCUT2D eigenvalue weighted by molar-refractivity contribution is 8.13. The highest BCUT2D eigenvalue weighted by atomic mass is 35.7. The molecule has 108 valence electrons. The Hall–Kier alpha value is -0.940. The maximum atomic E-state index is 11.2. The van der Waals surface area contributed by atoms with Crippen molar-refractivity contribution in [2.75, 3.05) is 19.5 Å². The molecule has 4 nitrogen and oxygen atoms in total. The van der Waals surface area contributed by atoms with Gasteiger partial charge in [0.05, 0.1) is 19.5 Å². The van der Waals surface area contributed by atoms with Gasteiger partial charge in [-0.25, -0.2) is 8.42 Å². The summed E-state index contributed by atoms with van der Waals surface area (Å²) in [5.41, 5.74) is 0. The number of methoxy groups -OCH3 is 1. The lowest BCUT2D eigenvalue weighted by atomic mass is 9.99. The number of hydrogen-bond acceptors (Lipinski definition) is 4. The largest absolute Gasteiger partial charge is 0.493 e. The lowest BCUT2D eigenvalue weighted by molar-refractivity contribution is 0.217. The Morgan fingerprint density at radius 1 is 1.21 bits per heavy atom. The third kappa shape index (κ3) is 5.70. The average Bonchev–Trinajstić information content (AvgIpc) is 2.33. The van der Waals surface area contributed by atoms with Gasteiger partial charge in [0.1, 0.15) is 0 Å². The van der Waals surface area contributed by atoms with Crippen molar-refractivity contribution in [3.05, 3.63) is 24.3 Å². The van der Waals surface area contributed by atoms with Gasteiger partial charge in [-0.05, 0) is 18.1 Å². The van der Waals surface area contributed by atoms with Crippen LogP contribution in [-0.2, 0) is 9.05 Å². The van der Waals surface area contributed by atoms with Crippen molar-refractivity contribution in [2.24, 2.45) is 11.8 Å². The molecule has 0 saturated heterocycles. The fourth-order valence-corrected chi connectivity index (χ4v) is 3.10. The Balaban J connectivity index is 2.71. The quantitative estimate of drug-likeness (QED) is 0.727. The maximum Gasteiger partial charge on any atom is 0.233 e. The van der Waals surface area contributed by atoms with E-state index in [2.05, 4.69) is 0 Å². The zero-order chi connectivity index (χ0) is 14.5. The fraction of sp³-hybridized carbons (Fsp3) is 0.538. The fourth-order valence-electron chi connectivity index (χ4n) is 1.62. The van der Waals surface area contributed by atoms with Crippen LogP contribution in [0.15, 0.2) is 24.3 Å². The van der Waals surface area contributed by atoms with Crippen LogP contribution in [0.5, 0.6) is 11.5 Å². The van der Waals surface area contributed by atoms with Crippen LogP contribution in [0, 0.1) is 11.8 Å². The molecule has 19 heavy (non-hydrogen) atoms. The summed E-state index contributed by atoms with van der Waals surface area (Å²) in [5.74, 6) is 1.12. The average molecular weight is 307 g/mol. The number of ether oxygens (including phenoxy) is 2. The molecule has 0 fully saturated rings. The van der Waals surface area contributed by atoms with Crippen LogP contribution in [0.3, 0.4) is 0 Å². The molecule has 1 rings (SSSR count). The van der Waals surface area contributed by atoms with Crippen LogP contribution in [0.2, 0.25) is 0 Å². The summed E-state index contributed by atoms with van der Waals surface area (Å²) < 4.78 is 33.2. The van der Waals surface area contributed by atoms with Gasteiger partial charge in [-0.15, -0.1) is 0 Å². The first kappa shape index (κ1) is 16.1. The van der Waals surface area contributed by atoms with E-state index in [0.29, 0.717) is 11.5 Å². The van der Waals surface area contributed by atoms with E-state index in [9.17, 15) is 8.42 Å². The van der Waals surface area contributed by atoms with E-state index in [1.54, 1.807) is 19.2 Å². The molecule has 0 spiro atoms. The molecule has 1 aromatic carbocycles. The first-order chi connectivity index (χ1) is 8.83. The minimum absolute atomic E-state index is 0.0959. The van der Waals surface area contributed by atoms with Gasteiger partial charge in [0.25, 0.3) is 0 Å². The van der Waals surface area contributed by atoms with Gasteiger partial charge in [-0.1, -0.05) is 26.0 Å². The molecular weight excluding hydrogens is 288 g/mol. The lowest BCUT2D eigenvalue weighted by Crippen LogP contribution is -2.24. The molecule has 1 unspecified atom stereocenters. The van der Waals surface area contributed by atoms with Crippen LogP contribution in [0.4, 0.5) is 0 Å². The van der Waals surface area contributed by atoms with E-state index in [-0.39, 0.29) is 24.2 Å². The minimum atomic E-state index is -3.53. The smallest absolute Gasteiger partial charge is 0.233 e. The monoisotopic (exact) mass is 306 g/mol. The molecule has 1 atom stereocenters. The molecule has 0 aromatic heterocycles. The van der Waals surface area contributed by atoms with Crippen LogP contribution < -0.4 is 9.47 Å². The van der Waals surface area contributed by atoms with Crippen molar-refractivity contribution in [3.63, 3.8) is 0 Å². The molecular formula is C13H19ClO4S. The standard InChI is InChI=1S/C13H19ClO4S/c1-10(2)11(9-19(14,15)16)8-18-13-7-5-4-6-12(13)17-3/h4-7,10-11H,8-9H2,1-3H3. The molecule has 0 aliphatic heterocycles. The van der Waals surface area contributed by atoms with Gasteiger partial charge in [-0.3, -0.25) is 0 Å². The highest BCUT2D eigenvalue weighted by Crippen LogP contribution is 2.27. The van der Waals surface area contributed by atoms with Crippen LogP contribution in [0.1, 0.15) is 13.8 Å². The van der Waals surface area contributed by atoms with Crippen molar-refractivity contribution in [2.45, 2.75) is 13.8 Å². The first-order valence-electron chi connectivity index (χ1n) is 6.01. The minimum Gasteiger partial charge on any atom is -0.493 e.